The van der Waals surface area contributed by atoms with E-state index in [-0.39, 0.29) is 11.8 Å². The minimum absolute atomic E-state index is 0.0121. The highest BCUT2D eigenvalue weighted by Gasteiger charge is 2.34. The van der Waals surface area contributed by atoms with Gasteiger partial charge < -0.3 is 19.6 Å². The van der Waals surface area contributed by atoms with Crippen LogP contribution in [-0.4, -0.2) is 60.5 Å². The van der Waals surface area contributed by atoms with Crippen LogP contribution in [0.4, 0.5) is 5.69 Å². The zero-order valence-corrected chi connectivity index (χ0v) is 18.8. The molecule has 1 aromatic heterocycles. The van der Waals surface area contributed by atoms with E-state index in [2.05, 4.69) is 22.0 Å². The summed E-state index contributed by atoms with van der Waals surface area (Å²) in [5, 5.41) is 13.0. The molecule has 1 saturated heterocycles. The van der Waals surface area contributed by atoms with Gasteiger partial charge >= 0.3 is 0 Å². The number of amides is 1. The lowest BCUT2D eigenvalue weighted by molar-refractivity contribution is -0.0506. The molecule has 2 aromatic carbocycles. The number of nitrogens with zero attached hydrogens (tertiary/aromatic N) is 3. The van der Waals surface area contributed by atoms with Gasteiger partial charge in [0.05, 0.1) is 30.6 Å². The highest BCUT2D eigenvalue weighted by Crippen LogP contribution is 2.37. The average Bonchev–Trinajstić information content (AvgIpc) is 2.80. The molecule has 166 valence electrons. The third-order valence-corrected chi connectivity index (χ3v) is 6.71. The Morgan fingerprint density at radius 3 is 2.78 bits per heavy atom. The van der Waals surface area contributed by atoms with Crippen LogP contribution in [0.5, 0.6) is 0 Å². The van der Waals surface area contributed by atoms with Crippen molar-refractivity contribution in [3.63, 3.8) is 0 Å². The Morgan fingerprint density at radius 1 is 1.22 bits per heavy atom. The molecule has 6 nitrogen and oxygen atoms in total. The summed E-state index contributed by atoms with van der Waals surface area (Å²) in [6.07, 6.45) is 2.67. The van der Waals surface area contributed by atoms with Crippen LogP contribution in [0.3, 0.4) is 0 Å². The summed E-state index contributed by atoms with van der Waals surface area (Å²) in [5.74, 6) is 0.0424. The summed E-state index contributed by atoms with van der Waals surface area (Å²) < 4.78 is 5.36. The first-order chi connectivity index (χ1) is 15.5. The van der Waals surface area contributed by atoms with E-state index >= 15 is 0 Å². The number of benzene rings is 2. The van der Waals surface area contributed by atoms with Crippen LogP contribution in [0.2, 0.25) is 5.15 Å². The van der Waals surface area contributed by atoms with E-state index in [0.717, 1.165) is 34.0 Å². The minimum Gasteiger partial charge on any atom is -0.390 e. The molecule has 3 heterocycles. The molecule has 1 fully saturated rings. The number of aliphatic hydroxyl groups is 1. The maximum atomic E-state index is 13.6. The second-order valence-corrected chi connectivity index (χ2v) is 9.09. The van der Waals surface area contributed by atoms with Crippen LogP contribution in [-0.2, 0) is 11.2 Å². The zero-order valence-electron chi connectivity index (χ0n) is 18.0. The minimum atomic E-state index is -0.534. The predicted octanol–water partition coefficient (Wildman–Crippen LogP) is 3.73. The first kappa shape index (κ1) is 21.2. The summed E-state index contributed by atoms with van der Waals surface area (Å²) in [5.41, 5.74) is 3.79. The van der Waals surface area contributed by atoms with E-state index in [1.54, 1.807) is 12.3 Å². The number of halogens is 1. The molecular weight excluding hydrogens is 426 g/mol. The van der Waals surface area contributed by atoms with Gasteiger partial charge in [-0.2, -0.15) is 0 Å². The fourth-order valence-corrected chi connectivity index (χ4v) is 4.96. The molecule has 1 amide bonds. The number of carbonyl (C=O) groups is 1. The lowest BCUT2D eigenvalue weighted by atomic mass is 9.92. The fraction of sp³-hybridized carbons (Fsp3) is 0.360. The van der Waals surface area contributed by atoms with Crippen LogP contribution in [0.15, 0.2) is 48.7 Å². The summed E-state index contributed by atoms with van der Waals surface area (Å²) in [7, 11) is 2.02. The Morgan fingerprint density at radius 2 is 2.03 bits per heavy atom. The molecule has 7 heteroatoms. The van der Waals surface area contributed by atoms with Crippen LogP contribution >= 0.6 is 11.6 Å². The van der Waals surface area contributed by atoms with Gasteiger partial charge in [0.15, 0.2) is 0 Å². The molecule has 2 aliphatic heterocycles. The van der Waals surface area contributed by atoms with Crippen LogP contribution in [0.1, 0.15) is 27.9 Å². The van der Waals surface area contributed by atoms with Crippen molar-refractivity contribution in [2.75, 3.05) is 38.4 Å². The van der Waals surface area contributed by atoms with Gasteiger partial charge in [0.1, 0.15) is 5.15 Å². The molecule has 0 bridgehead atoms. The van der Waals surface area contributed by atoms with Gasteiger partial charge in [0.25, 0.3) is 5.91 Å². The standard InChI is InChI=1S/C25H26ClN3O3/c1-28-15-29(13-17-8-9-32-14-22(17)30)25(31)21-11-18(10-16-6-7-23(26)27-12-16)19-4-2-3-5-20(19)24(21)28/h2-7,11-12,17,22,30H,8-10,13-15H2,1H3. The molecule has 2 aliphatic rings. The Labute approximate surface area is 192 Å². The molecule has 2 unspecified atom stereocenters. The lowest BCUT2D eigenvalue weighted by Crippen LogP contribution is -2.49. The monoisotopic (exact) mass is 451 g/mol. The second-order valence-electron chi connectivity index (χ2n) is 8.70. The van der Waals surface area contributed by atoms with Crippen LogP contribution in [0, 0.1) is 5.92 Å². The molecule has 0 saturated carbocycles. The number of hydrogen-bond donors (Lipinski definition) is 1. The first-order valence-corrected chi connectivity index (χ1v) is 11.3. The summed E-state index contributed by atoms with van der Waals surface area (Å²) in [6.45, 7) is 1.99. The number of rotatable bonds is 4. The van der Waals surface area contributed by atoms with Gasteiger partial charge in [-0.25, -0.2) is 4.98 Å². The molecule has 32 heavy (non-hydrogen) atoms. The Bertz CT molecular complexity index is 1150. The topological polar surface area (TPSA) is 65.9 Å². The maximum absolute atomic E-state index is 13.6. The third-order valence-electron chi connectivity index (χ3n) is 6.49. The van der Waals surface area contributed by atoms with Crippen LogP contribution < -0.4 is 4.90 Å². The van der Waals surface area contributed by atoms with Crippen molar-refractivity contribution in [1.29, 1.82) is 0 Å². The highest BCUT2D eigenvalue weighted by molar-refractivity contribution is 6.29. The van der Waals surface area contributed by atoms with Gasteiger partial charge in [-0.05, 0) is 41.5 Å². The molecule has 2 atom stereocenters. The van der Waals surface area contributed by atoms with Gasteiger partial charge in [0.2, 0.25) is 0 Å². The number of carbonyl (C=O) groups excluding carboxylic acids is 1. The fourth-order valence-electron chi connectivity index (χ4n) is 4.85. The van der Waals surface area contributed by atoms with Gasteiger partial charge in [0, 0.05) is 37.7 Å². The highest BCUT2D eigenvalue weighted by atomic mass is 35.5. The van der Waals surface area contributed by atoms with Crippen LogP contribution in [0.25, 0.3) is 10.8 Å². The second kappa shape index (κ2) is 8.70. The smallest absolute Gasteiger partial charge is 0.257 e. The zero-order chi connectivity index (χ0) is 22.2. The van der Waals surface area contributed by atoms with E-state index < -0.39 is 6.10 Å². The Hall–Kier alpha value is -2.67. The van der Waals surface area contributed by atoms with Crippen molar-refractivity contribution in [2.45, 2.75) is 18.9 Å². The van der Waals surface area contributed by atoms with Gasteiger partial charge in [-0.3, -0.25) is 4.79 Å². The van der Waals surface area contributed by atoms with Crippen molar-refractivity contribution in [3.8, 4) is 0 Å². The molecule has 5 rings (SSSR count). The van der Waals surface area contributed by atoms with Crippen molar-refractivity contribution in [3.05, 3.63) is 70.5 Å². The number of aromatic nitrogens is 1. The molecule has 3 aromatic rings. The van der Waals surface area contributed by atoms with Crippen molar-refractivity contribution in [1.82, 2.24) is 9.88 Å². The summed E-state index contributed by atoms with van der Waals surface area (Å²) in [6, 6.07) is 14.0. The van der Waals surface area contributed by atoms with E-state index in [1.165, 1.54) is 0 Å². The molecule has 1 N–H and O–H groups in total. The third kappa shape index (κ3) is 3.94. The predicted molar refractivity (Wildman–Crippen MR) is 125 cm³/mol. The number of aliphatic hydroxyl groups excluding tert-OH is 1. The van der Waals surface area contributed by atoms with E-state index in [1.807, 2.05) is 36.2 Å². The summed E-state index contributed by atoms with van der Waals surface area (Å²) >= 11 is 5.95. The van der Waals surface area contributed by atoms with Gasteiger partial charge in [-0.1, -0.05) is 41.9 Å². The first-order valence-electron chi connectivity index (χ1n) is 10.9. The van der Waals surface area contributed by atoms with E-state index in [0.29, 0.717) is 43.6 Å². The van der Waals surface area contributed by atoms with Crippen molar-refractivity contribution >= 4 is 34.0 Å². The van der Waals surface area contributed by atoms with Gasteiger partial charge in [-0.15, -0.1) is 0 Å². The number of anilines is 1. The maximum Gasteiger partial charge on any atom is 0.257 e. The Balaban J connectivity index is 1.53. The normalized spacial score (nSPS) is 21.2. The van der Waals surface area contributed by atoms with Crippen molar-refractivity contribution in [2.24, 2.45) is 5.92 Å². The Kier molecular flexibility index (Phi) is 5.76. The lowest BCUT2D eigenvalue weighted by Gasteiger charge is -2.40. The van der Waals surface area contributed by atoms with Crippen molar-refractivity contribution < 1.29 is 14.6 Å². The number of ether oxygens (including phenoxy) is 1. The average molecular weight is 452 g/mol. The van der Waals surface area contributed by atoms with E-state index in [4.69, 9.17) is 16.3 Å². The quantitative estimate of drug-likeness (QED) is 0.612. The number of hydrogen-bond acceptors (Lipinski definition) is 5. The molecule has 0 radical (unpaired) electrons. The molecular formula is C25H26ClN3O3. The number of fused-ring (bicyclic) bond motifs is 3. The summed E-state index contributed by atoms with van der Waals surface area (Å²) in [4.78, 5) is 21.8. The SMILES string of the molecule is CN1CN(CC2CCOCC2O)C(=O)c2cc(Cc3ccc(Cl)nc3)c3ccccc3c21. The van der Waals surface area contributed by atoms with E-state index in [9.17, 15) is 9.90 Å². The molecule has 0 aliphatic carbocycles. The number of pyridine rings is 1. The largest absolute Gasteiger partial charge is 0.390 e. The molecule has 0 spiro atoms.